The molecule has 3 amide bonds. The van der Waals surface area contributed by atoms with Gasteiger partial charge < -0.3 is 15.0 Å². The summed E-state index contributed by atoms with van der Waals surface area (Å²) in [5.41, 5.74) is 1.10. The molecule has 11 heteroatoms. The minimum absolute atomic E-state index is 0.0978. The molecule has 204 valence electrons. The van der Waals surface area contributed by atoms with E-state index in [1.807, 2.05) is 0 Å². The SMILES string of the molecule is CCN(CC)S(=O)(=O)c1ccc(C(=O)Nc2ccc3c(c2)N(CC(=O)N2CCCCC2)C(=O)C(C)O3)cc1. The second kappa shape index (κ2) is 11.5. The van der Waals surface area contributed by atoms with Gasteiger partial charge in [-0.3, -0.25) is 19.3 Å². The zero-order valence-electron chi connectivity index (χ0n) is 22.0. The van der Waals surface area contributed by atoms with Gasteiger partial charge >= 0.3 is 0 Å². The van der Waals surface area contributed by atoms with Gasteiger partial charge in [0.1, 0.15) is 12.3 Å². The lowest BCUT2D eigenvalue weighted by Crippen LogP contribution is -2.50. The van der Waals surface area contributed by atoms with Gasteiger partial charge in [-0.1, -0.05) is 13.8 Å². The van der Waals surface area contributed by atoms with Crippen molar-refractivity contribution in [3.8, 4) is 5.75 Å². The number of fused-ring (bicyclic) bond motifs is 1. The molecule has 4 rings (SSSR count). The summed E-state index contributed by atoms with van der Waals surface area (Å²) in [6.45, 7) is 7.16. The van der Waals surface area contributed by atoms with E-state index in [1.165, 1.54) is 33.5 Å². The molecule has 1 N–H and O–H groups in total. The van der Waals surface area contributed by atoms with Crippen LogP contribution in [-0.4, -0.2) is 74.2 Å². The van der Waals surface area contributed by atoms with Crippen LogP contribution in [0, 0.1) is 0 Å². The summed E-state index contributed by atoms with van der Waals surface area (Å²) < 4.78 is 32.5. The van der Waals surface area contributed by atoms with Crippen LogP contribution in [0.2, 0.25) is 0 Å². The van der Waals surface area contributed by atoms with Crippen LogP contribution < -0.4 is 15.0 Å². The number of sulfonamides is 1. The Morgan fingerprint density at radius 1 is 1.03 bits per heavy atom. The fourth-order valence-electron chi connectivity index (χ4n) is 4.72. The van der Waals surface area contributed by atoms with Crippen molar-refractivity contribution in [2.75, 3.05) is 42.9 Å². The lowest BCUT2D eigenvalue weighted by atomic mass is 10.1. The number of carbonyl (C=O) groups is 3. The van der Waals surface area contributed by atoms with Gasteiger partial charge in [-0.05, 0) is 68.7 Å². The molecule has 10 nitrogen and oxygen atoms in total. The Hall–Kier alpha value is -3.44. The highest BCUT2D eigenvalue weighted by Crippen LogP contribution is 2.36. The van der Waals surface area contributed by atoms with Crippen LogP contribution in [0.5, 0.6) is 5.75 Å². The van der Waals surface area contributed by atoms with Crippen molar-refractivity contribution in [3.63, 3.8) is 0 Å². The number of hydrogen-bond donors (Lipinski definition) is 1. The average Bonchev–Trinajstić information content (AvgIpc) is 2.92. The van der Waals surface area contributed by atoms with E-state index < -0.39 is 22.0 Å². The van der Waals surface area contributed by atoms with Crippen molar-refractivity contribution in [2.24, 2.45) is 0 Å². The second-order valence-corrected chi connectivity index (χ2v) is 11.3. The fourth-order valence-corrected chi connectivity index (χ4v) is 6.18. The van der Waals surface area contributed by atoms with Gasteiger partial charge in [-0.25, -0.2) is 8.42 Å². The summed E-state index contributed by atoms with van der Waals surface area (Å²) in [4.78, 5) is 42.1. The minimum atomic E-state index is -3.63. The lowest BCUT2D eigenvalue weighted by molar-refractivity contribution is -0.133. The van der Waals surface area contributed by atoms with E-state index in [0.29, 0.717) is 43.3 Å². The van der Waals surface area contributed by atoms with Crippen LogP contribution in [-0.2, 0) is 19.6 Å². The fraction of sp³-hybridized carbons (Fsp3) is 0.444. The predicted molar refractivity (Wildman–Crippen MR) is 144 cm³/mol. The molecule has 0 aromatic heterocycles. The molecule has 0 bridgehead atoms. The number of rotatable bonds is 8. The first-order valence-corrected chi connectivity index (χ1v) is 14.4. The second-order valence-electron chi connectivity index (χ2n) is 9.38. The van der Waals surface area contributed by atoms with Crippen LogP contribution >= 0.6 is 0 Å². The van der Waals surface area contributed by atoms with E-state index in [9.17, 15) is 22.8 Å². The maximum Gasteiger partial charge on any atom is 0.268 e. The van der Waals surface area contributed by atoms with Gasteiger partial charge in [0.25, 0.3) is 11.8 Å². The molecule has 2 aromatic rings. The summed E-state index contributed by atoms with van der Waals surface area (Å²) in [6.07, 6.45) is 2.27. The summed E-state index contributed by atoms with van der Waals surface area (Å²) in [7, 11) is -3.63. The first-order valence-electron chi connectivity index (χ1n) is 13.0. The normalized spacial score (nSPS) is 17.7. The zero-order chi connectivity index (χ0) is 27.4. The number of benzene rings is 2. The van der Waals surface area contributed by atoms with Crippen LogP contribution in [0.3, 0.4) is 0 Å². The van der Waals surface area contributed by atoms with Crippen LogP contribution in [0.1, 0.15) is 50.4 Å². The lowest BCUT2D eigenvalue weighted by Gasteiger charge is -2.35. The van der Waals surface area contributed by atoms with Gasteiger partial charge in [-0.2, -0.15) is 4.31 Å². The van der Waals surface area contributed by atoms with Crippen molar-refractivity contribution in [3.05, 3.63) is 48.0 Å². The molecule has 0 spiro atoms. The quantitative estimate of drug-likeness (QED) is 0.548. The summed E-state index contributed by atoms with van der Waals surface area (Å²) in [5.74, 6) is -0.430. The number of hydrogen-bond acceptors (Lipinski definition) is 6. The Labute approximate surface area is 223 Å². The number of amides is 3. The Morgan fingerprint density at radius 2 is 1.68 bits per heavy atom. The third-order valence-corrected chi connectivity index (χ3v) is 8.95. The third kappa shape index (κ3) is 5.68. The first-order chi connectivity index (χ1) is 18.1. The molecule has 1 fully saturated rings. The van der Waals surface area contributed by atoms with E-state index >= 15 is 0 Å². The molecule has 2 aromatic carbocycles. The van der Waals surface area contributed by atoms with Crippen molar-refractivity contribution in [1.29, 1.82) is 0 Å². The number of ether oxygens (including phenoxy) is 1. The van der Waals surface area contributed by atoms with Gasteiger partial charge in [0.15, 0.2) is 6.10 Å². The number of nitrogens with one attached hydrogen (secondary N) is 1. The third-order valence-electron chi connectivity index (χ3n) is 6.89. The summed E-state index contributed by atoms with van der Waals surface area (Å²) in [5, 5.41) is 2.79. The smallest absolute Gasteiger partial charge is 0.268 e. The molecule has 2 heterocycles. The van der Waals surface area contributed by atoms with Gasteiger partial charge in [0, 0.05) is 37.4 Å². The Morgan fingerprint density at radius 3 is 2.32 bits per heavy atom. The maximum atomic E-state index is 13.0. The number of nitrogens with zero attached hydrogens (tertiary/aromatic N) is 3. The number of piperidine rings is 1. The molecular formula is C27H34N4O6S. The molecule has 2 aliphatic heterocycles. The summed E-state index contributed by atoms with van der Waals surface area (Å²) >= 11 is 0. The highest BCUT2D eigenvalue weighted by Gasteiger charge is 2.34. The molecule has 1 saturated heterocycles. The molecule has 0 aliphatic carbocycles. The van der Waals surface area contributed by atoms with Crippen molar-refractivity contribution in [2.45, 2.75) is 51.0 Å². The van der Waals surface area contributed by atoms with Crippen molar-refractivity contribution in [1.82, 2.24) is 9.21 Å². The topological polar surface area (TPSA) is 116 Å². The monoisotopic (exact) mass is 542 g/mol. The maximum absolute atomic E-state index is 13.0. The highest BCUT2D eigenvalue weighted by atomic mass is 32.2. The molecule has 2 aliphatic rings. The van der Waals surface area contributed by atoms with E-state index in [2.05, 4.69) is 5.32 Å². The Kier molecular flexibility index (Phi) is 8.37. The number of carbonyl (C=O) groups excluding carboxylic acids is 3. The van der Waals surface area contributed by atoms with Crippen LogP contribution in [0.25, 0.3) is 0 Å². The predicted octanol–water partition coefficient (Wildman–Crippen LogP) is 3.10. The van der Waals surface area contributed by atoms with Gasteiger partial charge in [-0.15, -0.1) is 0 Å². The molecule has 38 heavy (non-hydrogen) atoms. The van der Waals surface area contributed by atoms with Crippen molar-refractivity contribution >= 4 is 39.1 Å². The van der Waals surface area contributed by atoms with Gasteiger partial charge in [0.05, 0.1) is 10.6 Å². The van der Waals surface area contributed by atoms with Gasteiger partial charge in [0.2, 0.25) is 15.9 Å². The number of likely N-dealkylation sites (tertiary alicyclic amines) is 1. The largest absolute Gasteiger partial charge is 0.479 e. The molecule has 0 saturated carbocycles. The summed E-state index contributed by atoms with van der Waals surface area (Å²) in [6, 6.07) is 10.7. The zero-order valence-corrected chi connectivity index (χ0v) is 22.8. The van der Waals surface area contributed by atoms with E-state index in [0.717, 1.165) is 19.3 Å². The molecule has 0 radical (unpaired) electrons. The Balaban J connectivity index is 1.52. The first kappa shape index (κ1) is 27.6. The van der Waals surface area contributed by atoms with Crippen LogP contribution in [0.15, 0.2) is 47.4 Å². The molecular weight excluding hydrogens is 508 g/mol. The van der Waals surface area contributed by atoms with E-state index in [1.54, 1.807) is 43.9 Å². The Bertz CT molecular complexity index is 1300. The number of anilines is 2. The van der Waals surface area contributed by atoms with Crippen molar-refractivity contribution < 1.29 is 27.5 Å². The molecule has 1 unspecified atom stereocenters. The minimum Gasteiger partial charge on any atom is -0.479 e. The van der Waals surface area contributed by atoms with E-state index in [-0.39, 0.29) is 28.8 Å². The van der Waals surface area contributed by atoms with E-state index in [4.69, 9.17) is 4.74 Å². The highest BCUT2D eigenvalue weighted by molar-refractivity contribution is 7.89. The van der Waals surface area contributed by atoms with Crippen LogP contribution in [0.4, 0.5) is 11.4 Å². The standard InChI is InChI=1S/C27H34N4O6S/c1-4-30(5-2)38(35,36)22-12-9-20(10-13-22)26(33)28-21-11-14-24-23(17-21)31(27(34)19(3)37-24)18-25(32)29-15-7-6-8-16-29/h9-14,17,19H,4-8,15-16,18H2,1-3H3,(H,28,33). The average molecular weight is 543 g/mol. The molecule has 1 atom stereocenters.